The third-order valence-corrected chi connectivity index (χ3v) is 5.30. The van der Waals surface area contributed by atoms with Crippen LogP contribution >= 0.6 is 0 Å². The van der Waals surface area contributed by atoms with Crippen LogP contribution in [0.1, 0.15) is 24.4 Å². The minimum atomic E-state index is -0.134. The van der Waals surface area contributed by atoms with Crippen LogP contribution in [0.5, 0.6) is 11.5 Å². The van der Waals surface area contributed by atoms with Crippen molar-refractivity contribution in [1.82, 2.24) is 10.2 Å². The van der Waals surface area contributed by atoms with Crippen molar-refractivity contribution in [3.8, 4) is 11.5 Å². The van der Waals surface area contributed by atoms with Gasteiger partial charge in [0.25, 0.3) is 5.91 Å². The molecule has 6 nitrogen and oxygen atoms in total. The van der Waals surface area contributed by atoms with E-state index in [2.05, 4.69) is 39.4 Å². The molecule has 0 saturated carbocycles. The highest BCUT2D eigenvalue weighted by atomic mass is 16.5. The Balaban J connectivity index is 1.60. The van der Waals surface area contributed by atoms with E-state index in [1.54, 1.807) is 13.2 Å². The van der Waals surface area contributed by atoms with E-state index >= 15 is 0 Å². The highest BCUT2D eigenvalue weighted by Gasteiger charge is 2.24. The first-order chi connectivity index (χ1) is 14.1. The van der Waals surface area contributed by atoms with E-state index < -0.39 is 0 Å². The first kappa shape index (κ1) is 21.0. The number of hydrogen-bond donors (Lipinski definition) is 1. The molecule has 0 unspecified atom stereocenters. The first-order valence-corrected chi connectivity index (χ1v) is 10.1. The molecule has 1 fully saturated rings. The van der Waals surface area contributed by atoms with Gasteiger partial charge in [0, 0.05) is 26.3 Å². The van der Waals surface area contributed by atoms with E-state index in [9.17, 15) is 4.79 Å². The van der Waals surface area contributed by atoms with E-state index in [0.717, 1.165) is 13.1 Å². The minimum Gasteiger partial charge on any atom is -0.493 e. The molecule has 6 heteroatoms. The molecule has 29 heavy (non-hydrogen) atoms. The molecule has 1 heterocycles. The quantitative estimate of drug-likeness (QED) is 0.705. The van der Waals surface area contributed by atoms with Gasteiger partial charge in [0.1, 0.15) is 0 Å². The van der Waals surface area contributed by atoms with Crippen molar-refractivity contribution in [3.05, 3.63) is 54.1 Å². The summed E-state index contributed by atoms with van der Waals surface area (Å²) in [6, 6.07) is 16.1. The number of likely N-dealkylation sites (tertiary alicyclic amines) is 1. The van der Waals surface area contributed by atoms with Gasteiger partial charge in [-0.05, 0) is 55.8 Å². The maximum Gasteiger partial charge on any atom is 0.258 e. The highest BCUT2D eigenvalue weighted by Crippen LogP contribution is 2.27. The summed E-state index contributed by atoms with van der Waals surface area (Å²) in [4.78, 5) is 16.9. The van der Waals surface area contributed by atoms with Gasteiger partial charge in [-0.3, -0.25) is 9.69 Å². The number of rotatable bonds is 9. The number of nitrogens with one attached hydrogen (secondary N) is 1. The number of anilines is 1. The van der Waals surface area contributed by atoms with Crippen LogP contribution in [-0.2, 0) is 4.79 Å². The predicted octanol–water partition coefficient (Wildman–Crippen LogP) is 3.09. The average Bonchev–Trinajstić information content (AvgIpc) is 3.27. The lowest BCUT2D eigenvalue weighted by molar-refractivity contribution is -0.123. The zero-order valence-corrected chi connectivity index (χ0v) is 17.6. The monoisotopic (exact) mass is 397 g/mol. The molecule has 2 aromatic carbocycles. The van der Waals surface area contributed by atoms with Gasteiger partial charge in [0.2, 0.25) is 0 Å². The number of methoxy groups -OCH3 is 1. The smallest absolute Gasteiger partial charge is 0.258 e. The lowest BCUT2D eigenvalue weighted by Gasteiger charge is -2.28. The molecule has 2 aromatic rings. The lowest BCUT2D eigenvalue weighted by atomic mass is 10.0. The Bertz CT molecular complexity index is 786. The third kappa shape index (κ3) is 5.64. The van der Waals surface area contributed by atoms with Gasteiger partial charge in [-0.1, -0.05) is 24.3 Å². The molecular weight excluding hydrogens is 366 g/mol. The maximum absolute atomic E-state index is 12.4. The van der Waals surface area contributed by atoms with Crippen molar-refractivity contribution in [2.24, 2.45) is 0 Å². The number of carbonyl (C=O) groups is 1. The summed E-state index contributed by atoms with van der Waals surface area (Å²) in [5.41, 5.74) is 2.40. The van der Waals surface area contributed by atoms with Gasteiger partial charge >= 0.3 is 0 Å². The van der Waals surface area contributed by atoms with Gasteiger partial charge in [-0.15, -0.1) is 0 Å². The summed E-state index contributed by atoms with van der Waals surface area (Å²) in [7, 11) is 5.66. The number of carbonyl (C=O) groups excluding carboxylic acids is 1. The molecule has 1 atom stereocenters. The van der Waals surface area contributed by atoms with Crippen LogP contribution in [0.3, 0.4) is 0 Å². The number of nitrogens with zero attached hydrogens (tertiary/aromatic N) is 2. The van der Waals surface area contributed by atoms with Crippen LogP contribution in [0.25, 0.3) is 0 Å². The largest absolute Gasteiger partial charge is 0.493 e. The van der Waals surface area contributed by atoms with Crippen molar-refractivity contribution in [2.75, 3.05) is 52.3 Å². The van der Waals surface area contributed by atoms with Crippen LogP contribution in [0.15, 0.2) is 48.5 Å². The van der Waals surface area contributed by atoms with Crippen LogP contribution in [-0.4, -0.2) is 58.3 Å². The number of amides is 1. The summed E-state index contributed by atoms with van der Waals surface area (Å²) in [5.74, 6) is 1.06. The van der Waals surface area contributed by atoms with Gasteiger partial charge in [0.15, 0.2) is 18.1 Å². The Hall–Kier alpha value is -2.73. The molecule has 1 aliphatic heterocycles. The van der Waals surface area contributed by atoms with Crippen LogP contribution in [0, 0.1) is 0 Å². The molecule has 1 N–H and O–H groups in total. The van der Waals surface area contributed by atoms with Crippen molar-refractivity contribution in [3.63, 3.8) is 0 Å². The second-order valence-electron chi connectivity index (χ2n) is 7.49. The molecule has 1 aliphatic rings. The average molecular weight is 398 g/mol. The summed E-state index contributed by atoms with van der Waals surface area (Å²) < 4.78 is 10.9. The van der Waals surface area contributed by atoms with Gasteiger partial charge in [0.05, 0.1) is 13.2 Å². The summed E-state index contributed by atoms with van der Waals surface area (Å²) in [6.45, 7) is 2.66. The van der Waals surface area contributed by atoms with Crippen molar-refractivity contribution in [2.45, 2.75) is 18.9 Å². The van der Waals surface area contributed by atoms with E-state index in [1.807, 2.05) is 32.3 Å². The third-order valence-electron chi connectivity index (χ3n) is 5.30. The molecule has 0 spiro atoms. The molecule has 3 rings (SSSR count). The van der Waals surface area contributed by atoms with Crippen LogP contribution in [0.2, 0.25) is 0 Å². The van der Waals surface area contributed by atoms with Gasteiger partial charge in [-0.2, -0.15) is 0 Å². The fourth-order valence-electron chi connectivity index (χ4n) is 3.65. The van der Waals surface area contributed by atoms with E-state index in [4.69, 9.17) is 9.47 Å². The zero-order chi connectivity index (χ0) is 20.6. The second kappa shape index (κ2) is 10.2. The molecule has 0 aliphatic carbocycles. The molecule has 1 amide bonds. The molecular formula is C23H31N3O3. The summed E-state index contributed by atoms with van der Waals surface area (Å²) in [6.07, 6.45) is 2.41. The molecule has 0 radical (unpaired) electrons. The maximum atomic E-state index is 12.4. The van der Waals surface area contributed by atoms with Crippen LogP contribution in [0.4, 0.5) is 5.69 Å². The normalized spacial score (nSPS) is 15.0. The lowest BCUT2D eigenvalue weighted by Crippen LogP contribution is -2.38. The van der Waals surface area contributed by atoms with Crippen molar-refractivity contribution >= 4 is 11.6 Å². The fourth-order valence-corrected chi connectivity index (χ4v) is 3.65. The van der Waals surface area contributed by atoms with Gasteiger partial charge in [-0.25, -0.2) is 0 Å². The Morgan fingerprint density at radius 3 is 2.34 bits per heavy atom. The molecule has 0 bridgehead atoms. The zero-order valence-electron chi connectivity index (χ0n) is 17.6. The number of benzene rings is 2. The van der Waals surface area contributed by atoms with Gasteiger partial charge < -0.3 is 19.7 Å². The first-order valence-electron chi connectivity index (χ1n) is 10.1. The van der Waals surface area contributed by atoms with E-state index in [1.165, 1.54) is 24.1 Å². The number of para-hydroxylation sites is 2. The molecule has 156 valence electrons. The predicted molar refractivity (Wildman–Crippen MR) is 116 cm³/mol. The van der Waals surface area contributed by atoms with Crippen molar-refractivity contribution < 1.29 is 14.3 Å². The minimum absolute atomic E-state index is 0.0351. The second-order valence-corrected chi connectivity index (χ2v) is 7.49. The number of hydrogen-bond acceptors (Lipinski definition) is 5. The van der Waals surface area contributed by atoms with E-state index in [-0.39, 0.29) is 18.6 Å². The summed E-state index contributed by atoms with van der Waals surface area (Å²) in [5, 5.41) is 3.05. The molecule has 1 saturated heterocycles. The number of ether oxygens (including phenoxy) is 2. The van der Waals surface area contributed by atoms with Crippen molar-refractivity contribution in [1.29, 1.82) is 0 Å². The Labute approximate surface area is 173 Å². The van der Waals surface area contributed by atoms with E-state index in [0.29, 0.717) is 18.0 Å². The SMILES string of the molecule is COc1ccccc1OCC(=O)NC[C@H](c1ccc(N(C)C)cc1)N1CCCC1. The summed E-state index contributed by atoms with van der Waals surface area (Å²) >= 11 is 0. The highest BCUT2D eigenvalue weighted by molar-refractivity contribution is 5.77. The molecule has 0 aromatic heterocycles. The Morgan fingerprint density at radius 2 is 1.72 bits per heavy atom. The fraction of sp³-hybridized carbons (Fsp3) is 0.435. The topological polar surface area (TPSA) is 54.0 Å². The Kier molecular flexibility index (Phi) is 7.36. The van der Waals surface area contributed by atoms with Crippen LogP contribution < -0.4 is 19.7 Å². The standard InChI is InChI=1S/C23H31N3O3/c1-25(2)19-12-10-18(11-13-19)20(26-14-6-7-15-26)16-24-23(27)17-29-22-9-5-4-8-21(22)28-3/h4-5,8-13,20H,6-7,14-17H2,1-3H3,(H,24,27)/t20-/m1/s1. The Morgan fingerprint density at radius 1 is 1.07 bits per heavy atom.